The second kappa shape index (κ2) is 7.75. The lowest BCUT2D eigenvalue weighted by atomic mass is 10.1. The highest BCUT2D eigenvalue weighted by Crippen LogP contribution is 2.34. The van der Waals surface area contributed by atoms with Gasteiger partial charge in [-0.3, -0.25) is 14.4 Å². The molecule has 2 N–H and O–H groups in total. The first-order chi connectivity index (χ1) is 14.7. The fraction of sp³-hybridized carbons (Fsp3) is 0.381. The lowest BCUT2D eigenvalue weighted by Crippen LogP contribution is -2.47. The number of aromatic nitrogens is 1. The van der Waals surface area contributed by atoms with Crippen molar-refractivity contribution < 1.29 is 27.9 Å². The van der Waals surface area contributed by atoms with Crippen LogP contribution in [0.3, 0.4) is 0 Å². The Labute approximate surface area is 175 Å². The molecule has 0 spiro atoms. The minimum Gasteiger partial charge on any atom is -0.503 e. The minimum absolute atomic E-state index is 0.0378. The molecule has 1 aromatic heterocycles. The number of rotatable bonds is 3. The quantitative estimate of drug-likeness (QED) is 0.775. The van der Waals surface area contributed by atoms with Gasteiger partial charge in [0.1, 0.15) is 23.0 Å². The Balaban J connectivity index is 1.67. The molecule has 2 aliphatic rings. The standard InChI is InChI=1S/C21H20F3N3O4/c1-10-3-2-4-12-8-26(10)21(31)17-19(29)18(28)14(9-27(12)17)20(30)25-7-13-15(23)5-11(22)6-16(13)24/h5-6,9-10,12,29H,2-4,7-8H2,1H3,(H,25,30)/t10?,12-/m0/s1. The number of halogens is 3. The van der Waals surface area contributed by atoms with Crippen LogP contribution in [-0.2, 0) is 6.54 Å². The van der Waals surface area contributed by atoms with Crippen molar-refractivity contribution in [3.05, 3.63) is 62.8 Å². The van der Waals surface area contributed by atoms with Gasteiger partial charge in [-0.05, 0) is 26.2 Å². The predicted molar refractivity (Wildman–Crippen MR) is 103 cm³/mol. The lowest BCUT2D eigenvalue weighted by Gasteiger charge is -2.37. The molecule has 31 heavy (non-hydrogen) atoms. The fourth-order valence-corrected chi connectivity index (χ4v) is 4.24. The number of pyridine rings is 1. The van der Waals surface area contributed by atoms with Gasteiger partial charge in [-0.1, -0.05) is 0 Å². The van der Waals surface area contributed by atoms with E-state index < -0.39 is 58.1 Å². The summed E-state index contributed by atoms with van der Waals surface area (Å²) in [5.41, 5.74) is -2.24. The average Bonchev–Trinajstić information content (AvgIpc) is 2.87. The minimum atomic E-state index is -1.18. The fourth-order valence-electron chi connectivity index (χ4n) is 4.24. The normalized spacial score (nSPS) is 20.3. The maximum Gasteiger partial charge on any atom is 0.274 e. The Morgan fingerprint density at radius 2 is 1.87 bits per heavy atom. The van der Waals surface area contributed by atoms with Gasteiger partial charge in [0, 0.05) is 43.0 Å². The van der Waals surface area contributed by atoms with Gasteiger partial charge in [-0.25, -0.2) is 13.2 Å². The second-order valence-electron chi connectivity index (χ2n) is 7.90. The molecule has 2 atom stereocenters. The van der Waals surface area contributed by atoms with E-state index in [1.165, 1.54) is 10.8 Å². The van der Waals surface area contributed by atoms with Gasteiger partial charge < -0.3 is 19.9 Å². The Kier molecular flexibility index (Phi) is 5.24. The summed E-state index contributed by atoms with van der Waals surface area (Å²) < 4.78 is 42.1. The number of hydrogen-bond donors (Lipinski definition) is 2. The molecule has 2 amide bonds. The van der Waals surface area contributed by atoms with E-state index >= 15 is 0 Å². The monoisotopic (exact) mass is 435 g/mol. The summed E-state index contributed by atoms with van der Waals surface area (Å²) in [5.74, 6) is -5.75. The summed E-state index contributed by atoms with van der Waals surface area (Å²) in [6, 6.07) is 0.704. The summed E-state index contributed by atoms with van der Waals surface area (Å²) in [4.78, 5) is 39.7. The molecule has 1 fully saturated rings. The summed E-state index contributed by atoms with van der Waals surface area (Å²) in [6.45, 7) is 1.66. The summed E-state index contributed by atoms with van der Waals surface area (Å²) >= 11 is 0. The Hall–Kier alpha value is -3.30. The molecule has 0 aliphatic carbocycles. The second-order valence-corrected chi connectivity index (χ2v) is 7.90. The summed E-state index contributed by atoms with van der Waals surface area (Å²) in [6.07, 6.45) is 3.51. The maximum atomic E-state index is 13.8. The molecule has 7 nitrogen and oxygen atoms in total. The molecule has 2 bridgehead atoms. The van der Waals surface area contributed by atoms with Crippen molar-refractivity contribution in [2.45, 2.75) is 44.8 Å². The van der Waals surface area contributed by atoms with Crippen molar-refractivity contribution in [1.82, 2.24) is 14.8 Å². The van der Waals surface area contributed by atoms with Crippen molar-refractivity contribution in [1.29, 1.82) is 0 Å². The molecular weight excluding hydrogens is 415 g/mol. The van der Waals surface area contributed by atoms with E-state index in [9.17, 15) is 32.7 Å². The molecule has 2 aliphatic heterocycles. The summed E-state index contributed by atoms with van der Waals surface area (Å²) in [7, 11) is 0. The van der Waals surface area contributed by atoms with E-state index in [1.807, 2.05) is 6.92 Å². The van der Waals surface area contributed by atoms with Crippen molar-refractivity contribution >= 4 is 11.8 Å². The number of fused-ring (bicyclic) bond motifs is 4. The van der Waals surface area contributed by atoms with E-state index in [2.05, 4.69) is 5.32 Å². The molecule has 1 saturated heterocycles. The molecule has 3 heterocycles. The van der Waals surface area contributed by atoms with Gasteiger partial charge in [0.2, 0.25) is 5.43 Å². The average molecular weight is 435 g/mol. The molecule has 0 saturated carbocycles. The number of nitrogens with zero attached hydrogens (tertiary/aromatic N) is 2. The number of carbonyl (C=O) groups is 2. The SMILES string of the molecule is CC1CCC[C@H]2CN1C(=O)c1c(O)c(=O)c(C(=O)NCc3c(F)cc(F)cc3F)cn12. The van der Waals surface area contributed by atoms with Crippen LogP contribution in [0, 0.1) is 17.5 Å². The van der Waals surface area contributed by atoms with Crippen LogP contribution in [-0.4, -0.2) is 39.0 Å². The first-order valence-corrected chi connectivity index (χ1v) is 9.89. The Morgan fingerprint density at radius 1 is 1.19 bits per heavy atom. The van der Waals surface area contributed by atoms with E-state index in [4.69, 9.17) is 0 Å². The van der Waals surface area contributed by atoms with Crippen LogP contribution < -0.4 is 10.7 Å². The zero-order chi connectivity index (χ0) is 22.4. The molecule has 0 radical (unpaired) electrons. The number of amides is 2. The molecule has 1 aromatic carbocycles. The van der Waals surface area contributed by atoms with E-state index in [-0.39, 0.29) is 17.8 Å². The third kappa shape index (κ3) is 3.55. The van der Waals surface area contributed by atoms with E-state index in [1.54, 1.807) is 4.90 Å². The van der Waals surface area contributed by atoms with Crippen LogP contribution in [0.1, 0.15) is 58.6 Å². The Bertz CT molecular complexity index is 1120. The van der Waals surface area contributed by atoms with Crippen LogP contribution in [0.2, 0.25) is 0 Å². The smallest absolute Gasteiger partial charge is 0.274 e. The van der Waals surface area contributed by atoms with Crippen LogP contribution in [0.5, 0.6) is 5.75 Å². The molecule has 2 aromatic rings. The van der Waals surface area contributed by atoms with Gasteiger partial charge in [-0.2, -0.15) is 0 Å². The highest BCUT2D eigenvalue weighted by molar-refractivity contribution is 5.99. The third-order valence-corrected chi connectivity index (χ3v) is 5.94. The first kappa shape index (κ1) is 21.0. The topological polar surface area (TPSA) is 91.6 Å². The number of aromatic hydroxyl groups is 1. The highest BCUT2D eigenvalue weighted by Gasteiger charge is 2.38. The number of hydrogen-bond acceptors (Lipinski definition) is 4. The third-order valence-electron chi connectivity index (χ3n) is 5.94. The van der Waals surface area contributed by atoms with Crippen molar-refractivity contribution in [3.8, 4) is 5.75 Å². The number of carbonyl (C=O) groups excluding carboxylic acids is 2. The first-order valence-electron chi connectivity index (χ1n) is 9.89. The van der Waals surface area contributed by atoms with Crippen LogP contribution in [0.4, 0.5) is 13.2 Å². The Morgan fingerprint density at radius 3 is 2.55 bits per heavy atom. The zero-order valence-electron chi connectivity index (χ0n) is 16.6. The van der Waals surface area contributed by atoms with Crippen LogP contribution >= 0.6 is 0 Å². The highest BCUT2D eigenvalue weighted by atomic mass is 19.1. The number of benzene rings is 1. The lowest BCUT2D eigenvalue weighted by molar-refractivity contribution is 0.0604. The molecule has 10 heteroatoms. The van der Waals surface area contributed by atoms with Crippen LogP contribution in [0.15, 0.2) is 23.1 Å². The van der Waals surface area contributed by atoms with E-state index in [0.717, 1.165) is 12.8 Å². The molecule has 164 valence electrons. The van der Waals surface area contributed by atoms with Gasteiger partial charge >= 0.3 is 0 Å². The van der Waals surface area contributed by atoms with Crippen molar-refractivity contribution in [3.63, 3.8) is 0 Å². The zero-order valence-corrected chi connectivity index (χ0v) is 16.6. The predicted octanol–water partition coefficient (Wildman–Crippen LogP) is 2.47. The largest absolute Gasteiger partial charge is 0.503 e. The van der Waals surface area contributed by atoms with Gasteiger partial charge in [-0.15, -0.1) is 0 Å². The molecule has 4 rings (SSSR count). The molecule has 1 unspecified atom stereocenters. The van der Waals surface area contributed by atoms with Crippen LogP contribution in [0.25, 0.3) is 0 Å². The van der Waals surface area contributed by atoms with Gasteiger partial charge in [0.05, 0.1) is 6.04 Å². The number of nitrogens with one attached hydrogen (secondary N) is 1. The maximum absolute atomic E-state index is 13.8. The van der Waals surface area contributed by atoms with Gasteiger partial charge in [0.25, 0.3) is 11.8 Å². The van der Waals surface area contributed by atoms with Crippen molar-refractivity contribution in [2.24, 2.45) is 0 Å². The summed E-state index contributed by atoms with van der Waals surface area (Å²) in [5, 5.41) is 12.7. The van der Waals surface area contributed by atoms with E-state index in [0.29, 0.717) is 25.1 Å². The molecular formula is C21H20F3N3O4. The van der Waals surface area contributed by atoms with Crippen molar-refractivity contribution in [2.75, 3.05) is 6.54 Å². The van der Waals surface area contributed by atoms with Gasteiger partial charge in [0.15, 0.2) is 11.4 Å².